The maximum absolute atomic E-state index is 12.0. The number of hydrogen-bond acceptors (Lipinski definition) is 3. The third kappa shape index (κ3) is 2.91. The van der Waals surface area contributed by atoms with E-state index in [1.807, 2.05) is 18.2 Å². The van der Waals surface area contributed by atoms with E-state index in [0.29, 0.717) is 5.69 Å². The van der Waals surface area contributed by atoms with Crippen molar-refractivity contribution in [3.05, 3.63) is 50.7 Å². The van der Waals surface area contributed by atoms with Gasteiger partial charge in [-0.25, -0.2) is 4.98 Å². The largest absolute Gasteiger partial charge is 0.384 e. The third-order valence-corrected chi connectivity index (χ3v) is 3.45. The Kier molecular flexibility index (Phi) is 4.03. The summed E-state index contributed by atoms with van der Waals surface area (Å²) in [4.78, 5) is 16.0. The predicted octanol–water partition coefficient (Wildman–Crippen LogP) is 3.17. The number of nitrogens with zero attached hydrogens (tertiary/aromatic N) is 1. The van der Waals surface area contributed by atoms with Gasteiger partial charge in [0.15, 0.2) is 0 Å². The van der Waals surface area contributed by atoms with Crippen molar-refractivity contribution in [2.24, 2.45) is 0 Å². The lowest BCUT2D eigenvalue weighted by Gasteiger charge is -2.08. The number of anilines is 2. The highest BCUT2D eigenvalue weighted by molar-refractivity contribution is 14.1. The molecule has 1 heterocycles. The summed E-state index contributed by atoms with van der Waals surface area (Å²) in [6.07, 6.45) is 0. The Morgan fingerprint density at radius 3 is 2.72 bits per heavy atom. The molecule has 1 aromatic carbocycles. The van der Waals surface area contributed by atoms with Gasteiger partial charge in [0, 0.05) is 3.57 Å². The zero-order chi connectivity index (χ0) is 13.1. The fourth-order valence-electron chi connectivity index (χ4n) is 1.36. The van der Waals surface area contributed by atoms with Crippen molar-refractivity contribution in [2.45, 2.75) is 0 Å². The van der Waals surface area contributed by atoms with Crippen LogP contribution in [0.15, 0.2) is 36.4 Å². The highest BCUT2D eigenvalue weighted by Crippen LogP contribution is 2.20. The standard InChI is InChI=1S/C12H9ClIN3O/c13-7-5-6-10(15)17-11(7)12(18)16-9-4-2-1-3-8(9)14/h1-6H,(H2,15,17)(H,16,18). The molecule has 0 fully saturated rings. The van der Waals surface area contributed by atoms with Gasteiger partial charge in [-0.1, -0.05) is 23.7 Å². The maximum Gasteiger partial charge on any atom is 0.275 e. The molecule has 0 bridgehead atoms. The van der Waals surface area contributed by atoms with Gasteiger partial charge in [0.1, 0.15) is 11.5 Å². The highest BCUT2D eigenvalue weighted by Gasteiger charge is 2.13. The molecular weight excluding hydrogens is 365 g/mol. The first kappa shape index (κ1) is 13.1. The minimum Gasteiger partial charge on any atom is -0.384 e. The van der Waals surface area contributed by atoms with E-state index >= 15 is 0 Å². The van der Waals surface area contributed by atoms with Crippen LogP contribution >= 0.6 is 34.2 Å². The second-order valence-corrected chi connectivity index (χ2v) is 5.07. The number of nitrogens with one attached hydrogen (secondary N) is 1. The minimum atomic E-state index is -0.378. The van der Waals surface area contributed by atoms with Crippen LogP contribution in [0.25, 0.3) is 0 Å². The minimum absolute atomic E-state index is 0.122. The molecule has 6 heteroatoms. The molecule has 92 valence electrons. The van der Waals surface area contributed by atoms with Crippen molar-refractivity contribution in [3.8, 4) is 0 Å². The summed E-state index contributed by atoms with van der Waals surface area (Å²) in [7, 11) is 0. The van der Waals surface area contributed by atoms with Crippen LogP contribution in [0.5, 0.6) is 0 Å². The van der Waals surface area contributed by atoms with Crippen LogP contribution in [0.1, 0.15) is 10.5 Å². The van der Waals surface area contributed by atoms with Crippen molar-refractivity contribution in [2.75, 3.05) is 11.1 Å². The highest BCUT2D eigenvalue weighted by atomic mass is 127. The van der Waals surface area contributed by atoms with Crippen molar-refractivity contribution in [1.82, 2.24) is 4.98 Å². The average molecular weight is 374 g/mol. The number of pyridine rings is 1. The van der Waals surface area contributed by atoms with E-state index in [1.165, 1.54) is 0 Å². The van der Waals surface area contributed by atoms with Crippen LogP contribution in [0.2, 0.25) is 5.02 Å². The van der Waals surface area contributed by atoms with Gasteiger partial charge in [0.2, 0.25) is 0 Å². The molecule has 3 N–H and O–H groups in total. The van der Waals surface area contributed by atoms with Crippen LogP contribution in [-0.2, 0) is 0 Å². The average Bonchev–Trinajstić information content (AvgIpc) is 2.35. The molecule has 1 aromatic heterocycles. The first-order valence-electron chi connectivity index (χ1n) is 5.06. The number of para-hydroxylation sites is 1. The van der Waals surface area contributed by atoms with E-state index in [-0.39, 0.29) is 22.4 Å². The lowest BCUT2D eigenvalue weighted by atomic mass is 10.3. The molecule has 0 radical (unpaired) electrons. The molecule has 2 aromatic rings. The fraction of sp³-hybridized carbons (Fsp3) is 0. The summed E-state index contributed by atoms with van der Waals surface area (Å²) in [6.45, 7) is 0. The van der Waals surface area contributed by atoms with Gasteiger partial charge in [-0.3, -0.25) is 4.79 Å². The Morgan fingerprint density at radius 1 is 1.28 bits per heavy atom. The molecule has 0 aliphatic heterocycles. The summed E-state index contributed by atoms with van der Waals surface area (Å²) in [5, 5.41) is 3.02. The topological polar surface area (TPSA) is 68.0 Å². The van der Waals surface area contributed by atoms with Crippen LogP contribution in [0, 0.1) is 3.57 Å². The Bertz CT molecular complexity index is 604. The van der Waals surface area contributed by atoms with Gasteiger partial charge in [0.25, 0.3) is 5.91 Å². The number of hydrogen-bond donors (Lipinski definition) is 2. The maximum atomic E-state index is 12.0. The molecule has 0 saturated heterocycles. The molecule has 0 saturated carbocycles. The molecule has 0 unspecified atom stereocenters. The number of carbonyl (C=O) groups is 1. The summed E-state index contributed by atoms with van der Waals surface area (Å²) < 4.78 is 0.934. The second kappa shape index (κ2) is 5.53. The second-order valence-electron chi connectivity index (χ2n) is 3.50. The van der Waals surface area contributed by atoms with E-state index in [9.17, 15) is 4.79 Å². The quantitative estimate of drug-likeness (QED) is 0.795. The van der Waals surface area contributed by atoms with E-state index in [1.54, 1.807) is 18.2 Å². The monoisotopic (exact) mass is 373 g/mol. The number of amides is 1. The lowest BCUT2D eigenvalue weighted by Crippen LogP contribution is -2.15. The molecule has 1 amide bonds. The molecular formula is C12H9ClIN3O. The summed E-state index contributed by atoms with van der Waals surface area (Å²) in [5.41, 5.74) is 6.37. The SMILES string of the molecule is Nc1ccc(Cl)c(C(=O)Nc2ccccc2I)n1. The lowest BCUT2D eigenvalue weighted by molar-refractivity contribution is 0.102. The van der Waals surface area contributed by atoms with Crippen LogP contribution in [0.4, 0.5) is 11.5 Å². The summed E-state index contributed by atoms with van der Waals surface area (Å²) in [6, 6.07) is 10.5. The van der Waals surface area contributed by atoms with Crippen LogP contribution in [0.3, 0.4) is 0 Å². The first-order valence-corrected chi connectivity index (χ1v) is 6.51. The summed E-state index contributed by atoms with van der Waals surface area (Å²) >= 11 is 8.05. The Labute approximate surface area is 123 Å². The van der Waals surface area contributed by atoms with E-state index in [2.05, 4.69) is 32.9 Å². The predicted molar refractivity (Wildman–Crippen MR) is 80.8 cm³/mol. The Hall–Kier alpha value is -1.34. The van der Waals surface area contributed by atoms with Crippen molar-refractivity contribution in [1.29, 1.82) is 0 Å². The smallest absolute Gasteiger partial charge is 0.275 e. The number of nitrogens with two attached hydrogens (primary N) is 1. The number of rotatable bonds is 2. The first-order chi connectivity index (χ1) is 8.58. The van der Waals surface area contributed by atoms with Gasteiger partial charge in [-0.2, -0.15) is 0 Å². The molecule has 0 atom stereocenters. The molecule has 18 heavy (non-hydrogen) atoms. The number of aromatic nitrogens is 1. The van der Waals surface area contributed by atoms with Gasteiger partial charge in [0.05, 0.1) is 10.7 Å². The van der Waals surface area contributed by atoms with E-state index < -0.39 is 0 Å². The number of carbonyl (C=O) groups excluding carboxylic acids is 1. The fourth-order valence-corrected chi connectivity index (χ4v) is 2.07. The number of nitrogen functional groups attached to an aromatic ring is 1. The van der Waals surface area contributed by atoms with Gasteiger partial charge < -0.3 is 11.1 Å². The molecule has 2 rings (SSSR count). The molecule has 4 nitrogen and oxygen atoms in total. The summed E-state index contributed by atoms with van der Waals surface area (Å²) in [5.74, 6) is -0.122. The normalized spacial score (nSPS) is 10.1. The molecule has 0 aliphatic rings. The number of halogens is 2. The van der Waals surface area contributed by atoms with Gasteiger partial charge in [-0.05, 0) is 46.9 Å². The Balaban J connectivity index is 2.28. The Morgan fingerprint density at radius 2 is 2.00 bits per heavy atom. The number of benzene rings is 1. The van der Waals surface area contributed by atoms with Crippen molar-refractivity contribution >= 4 is 51.6 Å². The van der Waals surface area contributed by atoms with Crippen LogP contribution < -0.4 is 11.1 Å². The molecule has 0 spiro atoms. The van der Waals surface area contributed by atoms with E-state index in [4.69, 9.17) is 17.3 Å². The molecule has 0 aliphatic carbocycles. The zero-order valence-electron chi connectivity index (χ0n) is 9.15. The van der Waals surface area contributed by atoms with Crippen molar-refractivity contribution in [3.63, 3.8) is 0 Å². The van der Waals surface area contributed by atoms with Gasteiger partial charge >= 0.3 is 0 Å². The van der Waals surface area contributed by atoms with Gasteiger partial charge in [-0.15, -0.1) is 0 Å². The zero-order valence-corrected chi connectivity index (χ0v) is 12.1. The third-order valence-electron chi connectivity index (χ3n) is 2.20. The van der Waals surface area contributed by atoms with E-state index in [0.717, 1.165) is 3.57 Å². The van der Waals surface area contributed by atoms with Crippen molar-refractivity contribution < 1.29 is 4.79 Å². The van der Waals surface area contributed by atoms with Crippen LogP contribution in [-0.4, -0.2) is 10.9 Å².